The summed E-state index contributed by atoms with van der Waals surface area (Å²) in [5.41, 5.74) is 0. The third-order valence-corrected chi connectivity index (χ3v) is 3.09. The highest BCUT2D eigenvalue weighted by atomic mass is 32.2. The molecular weight excluding hydrogens is 172 g/mol. The molecular formula is C9H14O2S. The predicted octanol–water partition coefficient (Wildman–Crippen LogP) is 2.17. The lowest BCUT2D eigenvalue weighted by Crippen LogP contribution is -2.08. The maximum Gasteiger partial charge on any atom is 0.186 e. The van der Waals surface area contributed by atoms with Gasteiger partial charge in [-0.15, -0.1) is 0 Å². The number of ketones is 1. The Morgan fingerprint density at radius 3 is 2.92 bits per heavy atom. The van der Waals surface area contributed by atoms with E-state index in [-0.39, 0.29) is 10.4 Å². The normalized spacial score (nSPS) is 25.1. The molecule has 0 radical (unpaired) electrons. The van der Waals surface area contributed by atoms with E-state index in [0.29, 0.717) is 12.2 Å². The molecule has 1 fully saturated rings. The van der Waals surface area contributed by atoms with Gasteiger partial charge in [0.2, 0.25) is 0 Å². The predicted molar refractivity (Wildman–Crippen MR) is 50.2 cm³/mol. The summed E-state index contributed by atoms with van der Waals surface area (Å²) in [4.78, 5) is 21.9. The second kappa shape index (κ2) is 4.65. The summed E-state index contributed by atoms with van der Waals surface area (Å²) >= 11 is 1.33. The van der Waals surface area contributed by atoms with E-state index < -0.39 is 0 Å². The van der Waals surface area contributed by atoms with Gasteiger partial charge in [-0.25, -0.2) is 0 Å². The third-order valence-electron chi connectivity index (χ3n) is 2.02. The molecule has 1 atom stereocenters. The molecule has 0 bridgehead atoms. The molecule has 68 valence electrons. The van der Waals surface area contributed by atoms with Crippen molar-refractivity contribution in [3.8, 4) is 0 Å². The van der Waals surface area contributed by atoms with E-state index in [1.54, 1.807) is 6.92 Å². The highest BCUT2D eigenvalue weighted by Gasteiger charge is 2.19. The maximum atomic E-state index is 11.2. The van der Waals surface area contributed by atoms with Crippen LogP contribution in [0.25, 0.3) is 0 Å². The highest BCUT2D eigenvalue weighted by molar-refractivity contribution is 8.14. The lowest BCUT2D eigenvalue weighted by molar-refractivity contribution is -0.118. The van der Waals surface area contributed by atoms with Crippen molar-refractivity contribution in [2.75, 3.05) is 0 Å². The molecule has 1 rings (SSSR count). The first-order valence-corrected chi connectivity index (χ1v) is 5.25. The van der Waals surface area contributed by atoms with E-state index in [0.717, 1.165) is 25.7 Å². The Morgan fingerprint density at radius 1 is 1.50 bits per heavy atom. The Labute approximate surface area is 77.1 Å². The summed E-state index contributed by atoms with van der Waals surface area (Å²) in [6.45, 7) is 1.57. The Bertz CT molecular complexity index is 189. The first kappa shape index (κ1) is 9.78. The van der Waals surface area contributed by atoms with Crippen LogP contribution in [0.1, 0.15) is 39.0 Å². The quantitative estimate of drug-likeness (QED) is 0.588. The van der Waals surface area contributed by atoms with Crippen molar-refractivity contribution in [3.63, 3.8) is 0 Å². The molecule has 0 aromatic carbocycles. The van der Waals surface area contributed by atoms with Crippen LogP contribution in [0.4, 0.5) is 0 Å². The zero-order valence-corrected chi connectivity index (χ0v) is 8.15. The van der Waals surface area contributed by atoms with Crippen LogP contribution in [-0.2, 0) is 9.59 Å². The number of Topliss-reactive ketones (excluding diaryl/α,β-unsaturated/α-hetero) is 1. The van der Waals surface area contributed by atoms with E-state index in [9.17, 15) is 9.59 Å². The van der Waals surface area contributed by atoms with Crippen molar-refractivity contribution in [2.24, 2.45) is 0 Å². The summed E-state index contributed by atoms with van der Waals surface area (Å²) in [7, 11) is 0. The molecule has 0 aliphatic heterocycles. The van der Waals surface area contributed by atoms with Gasteiger partial charge in [0, 0.05) is 25.0 Å². The highest BCUT2D eigenvalue weighted by Crippen LogP contribution is 2.25. The number of thioether (sulfide) groups is 1. The number of rotatable bonds is 1. The molecule has 1 saturated carbocycles. The average molecular weight is 186 g/mol. The molecule has 0 aromatic rings. The van der Waals surface area contributed by atoms with Gasteiger partial charge in [0.05, 0.1) is 0 Å². The van der Waals surface area contributed by atoms with Crippen molar-refractivity contribution >= 4 is 22.7 Å². The third kappa shape index (κ3) is 3.39. The minimum absolute atomic E-state index is 0.134. The second-order valence-corrected chi connectivity index (χ2v) is 4.70. The van der Waals surface area contributed by atoms with Gasteiger partial charge in [0.15, 0.2) is 5.12 Å². The molecule has 12 heavy (non-hydrogen) atoms. The second-order valence-electron chi connectivity index (χ2n) is 3.22. The first-order valence-electron chi connectivity index (χ1n) is 4.37. The van der Waals surface area contributed by atoms with Crippen molar-refractivity contribution in [1.29, 1.82) is 0 Å². The molecule has 3 heteroatoms. The van der Waals surface area contributed by atoms with Crippen LogP contribution < -0.4 is 0 Å². The van der Waals surface area contributed by atoms with Crippen LogP contribution >= 0.6 is 11.8 Å². The van der Waals surface area contributed by atoms with E-state index in [1.807, 2.05) is 0 Å². The number of carbonyl (C=O) groups is 2. The molecule has 2 nitrogen and oxygen atoms in total. The van der Waals surface area contributed by atoms with Gasteiger partial charge in [0.25, 0.3) is 0 Å². The first-order chi connectivity index (χ1) is 5.68. The van der Waals surface area contributed by atoms with Crippen molar-refractivity contribution in [3.05, 3.63) is 0 Å². The van der Waals surface area contributed by atoms with Crippen LogP contribution in [0.5, 0.6) is 0 Å². The summed E-state index contributed by atoms with van der Waals surface area (Å²) < 4.78 is 0. The Kier molecular flexibility index (Phi) is 3.79. The van der Waals surface area contributed by atoms with Gasteiger partial charge in [-0.05, 0) is 12.8 Å². The fourth-order valence-electron chi connectivity index (χ4n) is 1.49. The van der Waals surface area contributed by atoms with Crippen molar-refractivity contribution < 1.29 is 9.59 Å². The summed E-state index contributed by atoms with van der Waals surface area (Å²) in [6, 6.07) is 0. The molecule has 0 aromatic heterocycles. The molecule has 0 spiro atoms. The van der Waals surface area contributed by atoms with E-state index in [1.165, 1.54) is 11.8 Å². The standard InChI is InChI=1S/C9H14O2S/c1-7(10)12-9-5-3-2-4-8(11)6-9/h9H,2-6H2,1H3/t9-/m0/s1. The van der Waals surface area contributed by atoms with E-state index >= 15 is 0 Å². The smallest absolute Gasteiger partial charge is 0.186 e. The average Bonchev–Trinajstić information content (AvgIpc) is 2.12. The monoisotopic (exact) mass is 186 g/mol. The zero-order chi connectivity index (χ0) is 8.97. The minimum Gasteiger partial charge on any atom is -0.300 e. The van der Waals surface area contributed by atoms with Crippen LogP contribution in [0, 0.1) is 0 Å². The SMILES string of the molecule is CC(=O)S[C@H]1CCCCC(=O)C1. The summed E-state index contributed by atoms with van der Waals surface area (Å²) in [6.07, 6.45) is 4.44. The van der Waals surface area contributed by atoms with Gasteiger partial charge >= 0.3 is 0 Å². The lowest BCUT2D eigenvalue weighted by Gasteiger charge is -2.08. The fraction of sp³-hybridized carbons (Fsp3) is 0.778. The maximum absolute atomic E-state index is 11.2. The minimum atomic E-state index is 0.134. The Morgan fingerprint density at radius 2 is 2.25 bits per heavy atom. The number of hydrogen-bond donors (Lipinski definition) is 0. The summed E-state index contributed by atoms with van der Waals surface area (Å²) in [5.74, 6) is 0.325. The lowest BCUT2D eigenvalue weighted by atomic mass is 10.2. The molecule has 1 aliphatic carbocycles. The largest absolute Gasteiger partial charge is 0.300 e. The number of carbonyl (C=O) groups excluding carboxylic acids is 2. The zero-order valence-electron chi connectivity index (χ0n) is 7.34. The van der Waals surface area contributed by atoms with Crippen molar-refractivity contribution in [1.82, 2.24) is 0 Å². The Hall–Kier alpha value is -0.310. The fourth-order valence-corrected chi connectivity index (χ4v) is 2.51. The van der Waals surface area contributed by atoms with Gasteiger partial charge in [-0.3, -0.25) is 9.59 Å². The van der Waals surface area contributed by atoms with E-state index in [4.69, 9.17) is 0 Å². The van der Waals surface area contributed by atoms with Crippen LogP contribution in [-0.4, -0.2) is 16.1 Å². The van der Waals surface area contributed by atoms with Crippen LogP contribution in [0.15, 0.2) is 0 Å². The van der Waals surface area contributed by atoms with Crippen LogP contribution in [0.3, 0.4) is 0 Å². The van der Waals surface area contributed by atoms with Gasteiger partial charge in [-0.1, -0.05) is 18.2 Å². The van der Waals surface area contributed by atoms with Crippen molar-refractivity contribution in [2.45, 2.75) is 44.3 Å². The molecule has 1 aliphatic rings. The van der Waals surface area contributed by atoms with E-state index in [2.05, 4.69) is 0 Å². The topological polar surface area (TPSA) is 34.1 Å². The van der Waals surface area contributed by atoms with Gasteiger partial charge in [0.1, 0.15) is 5.78 Å². The molecule has 0 saturated heterocycles. The van der Waals surface area contributed by atoms with Crippen LogP contribution in [0.2, 0.25) is 0 Å². The molecule has 0 amide bonds. The van der Waals surface area contributed by atoms with Gasteiger partial charge in [-0.2, -0.15) is 0 Å². The summed E-state index contributed by atoms with van der Waals surface area (Å²) in [5, 5.41) is 0.396. The van der Waals surface area contributed by atoms with Gasteiger partial charge < -0.3 is 0 Å². The Balaban J connectivity index is 2.41. The molecule has 0 unspecified atom stereocenters. The molecule has 0 N–H and O–H groups in total. The molecule has 0 heterocycles. The number of hydrogen-bond acceptors (Lipinski definition) is 3.